The van der Waals surface area contributed by atoms with Crippen LogP contribution in [0.4, 0.5) is 21.8 Å². The molecule has 1 amide bonds. The molecule has 0 unspecified atom stereocenters. The number of benzene rings is 1. The zero-order valence-corrected chi connectivity index (χ0v) is 18.7. The van der Waals surface area contributed by atoms with Gasteiger partial charge in [-0.15, -0.1) is 0 Å². The minimum Gasteiger partial charge on any atom is -0.350 e. The Labute approximate surface area is 187 Å². The van der Waals surface area contributed by atoms with E-state index in [9.17, 15) is 9.18 Å². The predicted molar refractivity (Wildman–Crippen MR) is 123 cm³/mol. The molecule has 2 N–H and O–H groups in total. The molecule has 0 saturated carbocycles. The number of anilines is 3. The fourth-order valence-electron chi connectivity index (χ4n) is 3.57. The molecule has 8 nitrogen and oxygen atoms in total. The SMILES string of the molecule is CC[C@H]1C(=O)Nc2c(C)nc(NCc3cnn(Cc4ccc(F)cc4)c3)nc2N1C.S. The van der Waals surface area contributed by atoms with Gasteiger partial charge in [0.05, 0.1) is 18.4 Å². The average Bonchev–Trinajstić information content (AvgIpc) is 3.17. The first-order valence-corrected chi connectivity index (χ1v) is 9.86. The van der Waals surface area contributed by atoms with Crippen LogP contribution in [0.25, 0.3) is 0 Å². The first-order chi connectivity index (χ1) is 14.4. The summed E-state index contributed by atoms with van der Waals surface area (Å²) in [5, 5.41) is 10.5. The molecule has 31 heavy (non-hydrogen) atoms. The quantitative estimate of drug-likeness (QED) is 0.609. The molecule has 1 atom stereocenters. The molecule has 0 bridgehead atoms. The number of carbonyl (C=O) groups excluding carboxylic acids is 1. The van der Waals surface area contributed by atoms with E-state index in [0.717, 1.165) is 11.1 Å². The second-order valence-corrected chi connectivity index (χ2v) is 7.38. The third-order valence-corrected chi connectivity index (χ3v) is 5.21. The number of nitrogens with zero attached hydrogens (tertiary/aromatic N) is 5. The zero-order valence-electron chi connectivity index (χ0n) is 17.7. The molecule has 0 aliphatic carbocycles. The zero-order chi connectivity index (χ0) is 21.3. The molecule has 10 heteroatoms. The Bertz CT molecular complexity index is 1070. The maximum atomic E-state index is 13.0. The van der Waals surface area contributed by atoms with Crippen LogP contribution in [0.1, 0.15) is 30.2 Å². The van der Waals surface area contributed by atoms with E-state index in [1.165, 1.54) is 12.1 Å². The Balaban J connectivity index is 0.00000272. The molecule has 3 heterocycles. The summed E-state index contributed by atoms with van der Waals surface area (Å²) < 4.78 is 14.8. The minimum atomic E-state index is -0.250. The molecule has 164 valence electrons. The van der Waals surface area contributed by atoms with Gasteiger partial charge in [0.2, 0.25) is 11.9 Å². The molecule has 0 saturated heterocycles. The van der Waals surface area contributed by atoms with Crippen LogP contribution in [0.5, 0.6) is 0 Å². The molecule has 1 aliphatic heterocycles. The van der Waals surface area contributed by atoms with Crippen molar-refractivity contribution in [2.24, 2.45) is 0 Å². The van der Waals surface area contributed by atoms with Crippen molar-refractivity contribution in [3.05, 3.63) is 59.3 Å². The Kier molecular flexibility index (Phi) is 6.79. The summed E-state index contributed by atoms with van der Waals surface area (Å²) in [4.78, 5) is 23.2. The topological polar surface area (TPSA) is 88.0 Å². The van der Waals surface area contributed by atoms with E-state index in [-0.39, 0.29) is 31.3 Å². The normalized spacial score (nSPS) is 15.2. The van der Waals surface area contributed by atoms with Gasteiger partial charge < -0.3 is 15.5 Å². The largest absolute Gasteiger partial charge is 0.350 e. The Morgan fingerprint density at radius 2 is 1.94 bits per heavy atom. The summed E-state index contributed by atoms with van der Waals surface area (Å²) in [5.74, 6) is 0.923. The lowest BCUT2D eigenvalue weighted by molar-refractivity contribution is -0.117. The minimum absolute atomic E-state index is 0. The lowest BCUT2D eigenvalue weighted by atomic mass is 10.1. The number of fused-ring (bicyclic) bond motifs is 1. The van der Waals surface area contributed by atoms with Crippen molar-refractivity contribution in [1.82, 2.24) is 19.7 Å². The Hall–Kier alpha value is -3.14. The van der Waals surface area contributed by atoms with Crippen LogP contribution in [0, 0.1) is 12.7 Å². The maximum absolute atomic E-state index is 13.0. The number of hydrogen-bond donors (Lipinski definition) is 2. The summed E-state index contributed by atoms with van der Waals surface area (Å²) >= 11 is 0. The highest BCUT2D eigenvalue weighted by molar-refractivity contribution is 7.59. The fourth-order valence-corrected chi connectivity index (χ4v) is 3.57. The van der Waals surface area contributed by atoms with E-state index in [0.29, 0.717) is 42.7 Å². The third kappa shape index (κ3) is 4.79. The number of rotatable bonds is 6. The van der Waals surface area contributed by atoms with Crippen molar-refractivity contribution in [2.75, 3.05) is 22.6 Å². The lowest BCUT2D eigenvalue weighted by Gasteiger charge is -2.34. The molecule has 0 fully saturated rings. The number of likely N-dealkylation sites (N-methyl/N-ethyl adjacent to an activating group) is 1. The monoisotopic (exact) mass is 443 g/mol. The van der Waals surface area contributed by atoms with Crippen LogP contribution in [-0.4, -0.2) is 38.7 Å². The van der Waals surface area contributed by atoms with Crippen LogP contribution < -0.4 is 15.5 Å². The van der Waals surface area contributed by atoms with Gasteiger partial charge in [-0.25, -0.2) is 9.37 Å². The number of nitrogens with one attached hydrogen (secondary N) is 2. The van der Waals surface area contributed by atoms with Gasteiger partial charge >= 0.3 is 0 Å². The van der Waals surface area contributed by atoms with Crippen molar-refractivity contribution < 1.29 is 9.18 Å². The number of aromatic nitrogens is 4. The molecule has 0 radical (unpaired) electrons. The van der Waals surface area contributed by atoms with Gasteiger partial charge in [0, 0.05) is 25.4 Å². The first kappa shape index (κ1) is 22.5. The van der Waals surface area contributed by atoms with Crippen molar-refractivity contribution >= 4 is 36.9 Å². The molecular formula is C21H26FN7OS. The van der Waals surface area contributed by atoms with E-state index >= 15 is 0 Å². The highest BCUT2D eigenvalue weighted by Gasteiger charge is 2.32. The van der Waals surface area contributed by atoms with Gasteiger partial charge in [-0.2, -0.15) is 23.6 Å². The maximum Gasteiger partial charge on any atom is 0.247 e. The van der Waals surface area contributed by atoms with E-state index in [1.807, 2.05) is 32.0 Å². The number of amides is 1. The van der Waals surface area contributed by atoms with E-state index < -0.39 is 0 Å². The number of hydrogen-bond acceptors (Lipinski definition) is 6. The molecule has 3 aromatic rings. The number of halogens is 1. The highest BCUT2D eigenvalue weighted by atomic mass is 32.1. The van der Waals surface area contributed by atoms with E-state index in [1.54, 1.807) is 23.0 Å². The van der Waals surface area contributed by atoms with Crippen LogP contribution >= 0.6 is 13.5 Å². The molecule has 2 aromatic heterocycles. The summed E-state index contributed by atoms with van der Waals surface area (Å²) in [7, 11) is 1.88. The summed E-state index contributed by atoms with van der Waals surface area (Å²) in [6.45, 7) is 4.90. The second-order valence-electron chi connectivity index (χ2n) is 7.38. The number of aryl methyl sites for hydroxylation is 1. The lowest BCUT2D eigenvalue weighted by Crippen LogP contribution is -2.46. The molecule has 1 aromatic carbocycles. The third-order valence-electron chi connectivity index (χ3n) is 5.21. The van der Waals surface area contributed by atoms with Gasteiger partial charge in [-0.3, -0.25) is 9.48 Å². The van der Waals surface area contributed by atoms with Crippen LogP contribution in [-0.2, 0) is 17.9 Å². The summed E-state index contributed by atoms with van der Waals surface area (Å²) in [6, 6.07) is 6.14. The molecule has 4 rings (SSSR count). The predicted octanol–water partition coefficient (Wildman–Crippen LogP) is 3.06. The highest BCUT2D eigenvalue weighted by Crippen LogP contribution is 2.32. The van der Waals surface area contributed by atoms with Gasteiger partial charge in [-0.05, 0) is 31.0 Å². The van der Waals surface area contributed by atoms with Gasteiger partial charge in [0.1, 0.15) is 17.5 Å². The molecule has 1 aliphatic rings. The number of carbonyl (C=O) groups is 1. The standard InChI is InChI=1S/C21H24FN7O.H2S/c1-4-17-20(30)26-18-13(2)25-21(27-19(18)28(17)3)23-9-15-10-24-29(12-15)11-14-5-7-16(22)8-6-14;/h5-8,10,12,17H,4,9,11H2,1-3H3,(H,26,30)(H,23,25,27);1H2/t17-;/m0./s1. The van der Waals surface area contributed by atoms with Crippen LogP contribution in [0.2, 0.25) is 0 Å². The smallest absolute Gasteiger partial charge is 0.247 e. The van der Waals surface area contributed by atoms with Crippen molar-refractivity contribution in [3.63, 3.8) is 0 Å². The first-order valence-electron chi connectivity index (χ1n) is 9.86. The van der Waals surface area contributed by atoms with Crippen molar-refractivity contribution in [1.29, 1.82) is 0 Å². The van der Waals surface area contributed by atoms with Gasteiger partial charge in [0.15, 0.2) is 5.82 Å². The van der Waals surface area contributed by atoms with Crippen LogP contribution in [0.15, 0.2) is 36.7 Å². The molecular weight excluding hydrogens is 417 g/mol. The average molecular weight is 444 g/mol. The summed E-state index contributed by atoms with van der Waals surface area (Å²) in [6.07, 6.45) is 4.41. The van der Waals surface area contributed by atoms with Crippen molar-refractivity contribution in [3.8, 4) is 0 Å². The fraction of sp³-hybridized carbons (Fsp3) is 0.333. The second kappa shape index (κ2) is 9.34. The van der Waals surface area contributed by atoms with Crippen molar-refractivity contribution in [2.45, 2.75) is 39.4 Å². The van der Waals surface area contributed by atoms with Gasteiger partial charge in [-0.1, -0.05) is 19.1 Å². The Morgan fingerprint density at radius 3 is 2.65 bits per heavy atom. The van der Waals surface area contributed by atoms with Gasteiger partial charge in [0.25, 0.3) is 0 Å². The van der Waals surface area contributed by atoms with Crippen LogP contribution in [0.3, 0.4) is 0 Å². The van der Waals surface area contributed by atoms with E-state index in [2.05, 4.69) is 25.7 Å². The molecule has 0 spiro atoms. The summed E-state index contributed by atoms with van der Waals surface area (Å²) in [5.41, 5.74) is 3.32. The van der Waals surface area contributed by atoms with E-state index in [4.69, 9.17) is 0 Å². The Morgan fingerprint density at radius 1 is 1.19 bits per heavy atom.